The summed E-state index contributed by atoms with van der Waals surface area (Å²) in [4.78, 5) is 23.6. The number of nitrogens with one attached hydrogen (secondary N) is 1. The molecule has 9 nitrogen and oxygen atoms in total. The highest BCUT2D eigenvalue weighted by molar-refractivity contribution is 7.99. The molecule has 2 aromatic heterocycles. The molecule has 0 atom stereocenters. The smallest absolute Gasteiger partial charge is 0.322 e. The van der Waals surface area contributed by atoms with E-state index in [9.17, 15) is 9.59 Å². The maximum absolute atomic E-state index is 11.9. The lowest BCUT2D eigenvalue weighted by Crippen LogP contribution is -2.21. The fourth-order valence-corrected chi connectivity index (χ4v) is 3.23. The minimum Gasteiger partial charge on any atom is -0.455 e. The third-order valence-corrected chi connectivity index (χ3v) is 4.64. The topological polar surface area (TPSA) is 120 Å². The number of benzene rings is 1. The van der Waals surface area contributed by atoms with Crippen molar-refractivity contribution in [3.63, 3.8) is 0 Å². The Bertz CT molecular complexity index is 935. The predicted molar refractivity (Wildman–Crippen MR) is 101 cm³/mol. The van der Waals surface area contributed by atoms with Crippen LogP contribution in [0.4, 0.5) is 6.01 Å². The highest BCUT2D eigenvalue weighted by atomic mass is 32.2. The van der Waals surface area contributed by atoms with Gasteiger partial charge in [0, 0.05) is 16.9 Å². The third kappa shape index (κ3) is 5.19. The quantitative estimate of drug-likeness (QED) is 0.567. The maximum Gasteiger partial charge on any atom is 0.322 e. The number of anilines is 1. The summed E-state index contributed by atoms with van der Waals surface area (Å²) in [6.45, 7) is 3.23. The molecule has 0 radical (unpaired) electrons. The van der Waals surface area contributed by atoms with Gasteiger partial charge in [0.15, 0.2) is 6.61 Å². The number of aromatic nitrogens is 3. The third-order valence-electron chi connectivity index (χ3n) is 3.70. The monoisotopic (exact) mass is 402 g/mol. The van der Waals surface area contributed by atoms with Crippen molar-refractivity contribution in [1.82, 2.24) is 15.4 Å². The van der Waals surface area contributed by atoms with Crippen molar-refractivity contribution in [3.8, 4) is 11.5 Å². The van der Waals surface area contributed by atoms with Crippen molar-refractivity contribution in [3.05, 3.63) is 47.3 Å². The molecule has 0 spiro atoms. The Balaban J connectivity index is 1.39. The zero-order chi connectivity index (χ0) is 19.9. The molecule has 10 heteroatoms. The molecule has 3 aromatic rings. The first-order valence-corrected chi connectivity index (χ1v) is 9.52. The number of carbonyl (C=O) groups excluding carboxylic acids is 2. The average Bonchev–Trinajstić information content (AvgIpc) is 3.28. The van der Waals surface area contributed by atoms with Gasteiger partial charge >= 0.3 is 12.0 Å². The number of amides is 1. The summed E-state index contributed by atoms with van der Waals surface area (Å²) in [6, 6.07) is 9.08. The first kappa shape index (κ1) is 19.6. The first-order chi connectivity index (χ1) is 13.5. The van der Waals surface area contributed by atoms with E-state index < -0.39 is 18.5 Å². The number of hydrogen-bond donors (Lipinski definition) is 1. The average molecular weight is 402 g/mol. The number of carbonyl (C=O) groups is 2. The maximum atomic E-state index is 11.9. The van der Waals surface area contributed by atoms with Crippen LogP contribution in [-0.2, 0) is 20.1 Å². The van der Waals surface area contributed by atoms with Gasteiger partial charge in [-0.15, -0.1) is 16.9 Å². The van der Waals surface area contributed by atoms with Crippen molar-refractivity contribution in [2.24, 2.45) is 0 Å². The second-order valence-electron chi connectivity index (χ2n) is 5.78. The van der Waals surface area contributed by atoms with Gasteiger partial charge in [-0.3, -0.25) is 14.9 Å². The fourth-order valence-electron chi connectivity index (χ4n) is 2.26. The van der Waals surface area contributed by atoms with Crippen LogP contribution in [0.2, 0.25) is 0 Å². The molecule has 0 saturated heterocycles. The van der Waals surface area contributed by atoms with Crippen LogP contribution in [0.5, 0.6) is 0 Å². The number of hydrogen-bond acceptors (Lipinski definition) is 9. The normalized spacial score (nSPS) is 10.6. The Labute approximate surface area is 164 Å². The van der Waals surface area contributed by atoms with Gasteiger partial charge in [-0.05, 0) is 26.0 Å². The lowest BCUT2D eigenvalue weighted by Gasteiger charge is -2.04. The van der Waals surface area contributed by atoms with Gasteiger partial charge in [0.05, 0.1) is 11.4 Å². The van der Waals surface area contributed by atoms with E-state index in [0.29, 0.717) is 5.75 Å². The molecule has 0 bridgehead atoms. The minimum atomic E-state index is -0.563. The molecule has 146 valence electrons. The summed E-state index contributed by atoms with van der Waals surface area (Å²) in [5, 5.41) is 13.9. The number of nitrogens with zero attached hydrogens (tertiary/aromatic N) is 3. The highest BCUT2D eigenvalue weighted by Gasteiger charge is 2.14. The lowest BCUT2D eigenvalue weighted by atomic mass is 10.2. The summed E-state index contributed by atoms with van der Waals surface area (Å²) in [7, 11) is 0. The van der Waals surface area contributed by atoms with E-state index in [1.807, 2.05) is 32.0 Å². The van der Waals surface area contributed by atoms with E-state index >= 15 is 0 Å². The molecule has 1 amide bonds. The Morgan fingerprint density at radius 2 is 1.96 bits per heavy atom. The summed E-state index contributed by atoms with van der Waals surface area (Å²) in [5.41, 5.74) is 2.49. The zero-order valence-corrected chi connectivity index (χ0v) is 16.1. The molecular weight excluding hydrogens is 384 g/mol. The first-order valence-electron chi connectivity index (χ1n) is 8.37. The van der Waals surface area contributed by atoms with E-state index in [4.69, 9.17) is 13.7 Å². The second kappa shape index (κ2) is 9.18. The SMILES string of the molecule is Cc1noc(C)c1CSCC(=O)OCC(=O)Nc1nnc(-c2ccccc2)o1. The zero-order valence-electron chi connectivity index (χ0n) is 15.3. The van der Waals surface area contributed by atoms with Crippen molar-refractivity contribution in [2.75, 3.05) is 17.7 Å². The number of ether oxygens (including phenoxy) is 1. The number of esters is 1. The Morgan fingerprint density at radius 3 is 2.68 bits per heavy atom. The van der Waals surface area contributed by atoms with Crippen LogP contribution in [0.3, 0.4) is 0 Å². The van der Waals surface area contributed by atoms with Crippen molar-refractivity contribution >= 4 is 29.7 Å². The number of aryl methyl sites for hydroxylation is 2. The standard InChI is InChI=1S/C18H18N4O5S/c1-11-14(12(2)27-22-11)9-28-10-16(24)25-8-15(23)19-18-21-20-17(26-18)13-6-4-3-5-7-13/h3-7H,8-10H2,1-2H3,(H,19,21,23). The molecule has 0 aliphatic rings. The largest absolute Gasteiger partial charge is 0.455 e. The second-order valence-corrected chi connectivity index (χ2v) is 6.77. The fraction of sp³-hybridized carbons (Fsp3) is 0.278. The van der Waals surface area contributed by atoms with Gasteiger partial charge in [0.1, 0.15) is 5.76 Å². The van der Waals surface area contributed by atoms with Gasteiger partial charge in [-0.25, -0.2) is 0 Å². The van der Waals surface area contributed by atoms with Gasteiger partial charge in [0.2, 0.25) is 5.89 Å². The Hall–Kier alpha value is -3.14. The van der Waals surface area contributed by atoms with Gasteiger partial charge in [0.25, 0.3) is 5.91 Å². The molecule has 2 heterocycles. The Kier molecular flexibility index (Phi) is 6.43. The molecule has 0 aliphatic heterocycles. The van der Waals surface area contributed by atoms with Crippen molar-refractivity contribution in [2.45, 2.75) is 19.6 Å². The number of thioether (sulfide) groups is 1. The predicted octanol–water partition coefficient (Wildman–Crippen LogP) is 2.76. The van der Waals surface area contributed by atoms with Crippen LogP contribution in [-0.4, -0.2) is 39.6 Å². The summed E-state index contributed by atoms with van der Waals surface area (Å²) >= 11 is 1.36. The van der Waals surface area contributed by atoms with Crippen LogP contribution in [0.25, 0.3) is 11.5 Å². The van der Waals surface area contributed by atoms with Crippen LogP contribution in [0.1, 0.15) is 17.0 Å². The van der Waals surface area contributed by atoms with Crippen LogP contribution in [0.15, 0.2) is 39.3 Å². The van der Waals surface area contributed by atoms with Gasteiger partial charge in [-0.2, -0.15) is 0 Å². The number of rotatable bonds is 8. The molecular formula is C18H18N4O5S. The van der Waals surface area contributed by atoms with Crippen molar-refractivity contribution < 1.29 is 23.3 Å². The molecule has 0 fully saturated rings. The highest BCUT2D eigenvalue weighted by Crippen LogP contribution is 2.20. The summed E-state index contributed by atoms with van der Waals surface area (Å²) in [5.74, 6) is 0.633. The molecule has 3 rings (SSSR count). The molecule has 0 saturated carbocycles. The van der Waals surface area contributed by atoms with E-state index in [-0.39, 0.29) is 17.7 Å². The molecule has 1 aromatic carbocycles. The van der Waals surface area contributed by atoms with E-state index in [1.165, 1.54) is 11.8 Å². The van der Waals surface area contributed by atoms with E-state index in [1.54, 1.807) is 12.1 Å². The molecule has 1 N–H and O–H groups in total. The van der Waals surface area contributed by atoms with E-state index in [2.05, 4.69) is 20.7 Å². The van der Waals surface area contributed by atoms with Crippen LogP contribution < -0.4 is 5.32 Å². The molecule has 0 aliphatic carbocycles. The minimum absolute atomic E-state index is 0.0623. The van der Waals surface area contributed by atoms with E-state index in [0.717, 1.165) is 22.6 Å². The van der Waals surface area contributed by atoms with Gasteiger partial charge in [-0.1, -0.05) is 28.5 Å². The summed E-state index contributed by atoms with van der Waals surface area (Å²) < 4.78 is 15.4. The Morgan fingerprint density at radius 1 is 1.18 bits per heavy atom. The van der Waals surface area contributed by atoms with Gasteiger partial charge < -0.3 is 13.7 Å². The molecule has 28 heavy (non-hydrogen) atoms. The summed E-state index contributed by atoms with van der Waals surface area (Å²) in [6.07, 6.45) is 0. The lowest BCUT2D eigenvalue weighted by molar-refractivity contribution is -0.144. The van der Waals surface area contributed by atoms with Crippen LogP contribution in [0, 0.1) is 13.8 Å². The van der Waals surface area contributed by atoms with Crippen LogP contribution >= 0.6 is 11.8 Å². The van der Waals surface area contributed by atoms with Crippen molar-refractivity contribution in [1.29, 1.82) is 0 Å². The molecule has 0 unspecified atom stereocenters.